The topological polar surface area (TPSA) is 109 Å². The third-order valence-electron chi connectivity index (χ3n) is 3.67. The molecule has 124 valence electrons. The van der Waals surface area contributed by atoms with E-state index < -0.39 is 11.4 Å². The van der Waals surface area contributed by atoms with E-state index in [0.29, 0.717) is 0 Å². The van der Waals surface area contributed by atoms with Crippen molar-refractivity contribution in [2.45, 2.75) is 0 Å². The fourth-order valence-corrected chi connectivity index (χ4v) is 2.57. The molecule has 7 heteroatoms. The highest BCUT2D eigenvalue weighted by Crippen LogP contribution is 2.46. The number of methoxy groups -OCH3 is 2. The van der Waals surface area contributed by atoms with Crippen LogP contribution in [0.25, 0.3) is 22.1 Å². The van der Waals surface area contributed by atoms with Crippen LogP contribution in [0.3, 0.4) is 0 Å². The molecule has 0 aliphatic heterocycles. The number of phenols is 2. The number of rotatable bonds is 3. The van der Waals surface area contributed by atoms with Gasteiger partial charge in [0.25, 0.3) is 0 Å². The van der Waals surface area contributed by atoms with Crippen molar-refractivity contribution >= 4 is 11.0 Å². The van der Waals surface area contributed by atoms with Crippen molar-refractivity contribution < 1.29 is 29.2 Å². The van der Waals surface area contributed by atoms with Crippen LogP contribution in [0.5, 0.6) is 28.7 Å². The number of ether oxygens (including phenoxy) is 2. The number of fused-ring (bicyclic) bond motifs is 1. The molecule has 0 aliphatic carbocycles. The molecule has 0 atom stereocenters. The van der Waals surface area contributed by atoms with Gasteiger partial charge in [0.2, 0.25) is 5.75 Å². The van der Waals surface area contributed by atoms with Gasteiger partial charge in [0.05, 0.1) is 14.2 Å². The Morgan fingerprint density at radius 2 is 1.71 bits per heavy atom. The first-order valence-electron chi connectivity index (χ1n) is 6.91. The van der Waals surface area contributed by atoms with Gasteiger partial charge in [0.1, 0.15) is 28.0 Å². The zero-order chi connectivity index (χ0) is 17.4. The van der Waals surface area contributed by atoms with E-state index in [-0.39, 0.29) is 45.1 Å². The van der Waals surface area contributed by atoms with E-state index in [0.717, 1.165) is 0 Å². The van der Waals surface area contributed by atoms with Crippen LogP contribution in [-0.4, -0.2) is 29.5 Å². The van der Waals surface area contributed by atoms with Crippen LogP contribution in [0.2, 0.25) is 0 Å². The van der Waals surface area contributed by atoms with Crippen LogP contribution in [-0.2, 0) is 0 Å². The lowest BCUT2D eigenvalue weighted by Crippen LogP contribution is -2.05. The van der Waals surface area contributed by atoms with Crippen molar-refractivity contribution in [2.24, 2.45) is 0 Å². The van der Waals surface area contributed by atoms with Gasteiger partial charge in [0, 0.05) is 5.56 Å². The van der Waals surface area contributed by atoms with Crippen LogP contribution < -0.4 is 15.1 Å². The molecule has 3 N–H and O–H groups in total. The van der Waals surface area contributed by atoms with E-state index in [4.69, 9.17) is 13.9 Å². The quantitative estimate of drug-likeness (QED) is 0.633. The highest BCUT2D eigenvalue weighted by Gasteiger charge is 2.24. The lowest BCUT2D eigenvalue weighted by Gasteiger charge is -2.14. The lowest BCUT2D eigenvalue weighted by atomic mass is 10.0. The Labute approximate surface area is 135 Å². The summed E-state index contributed by atoms with van der Waals surface area (Å²) in [5.41, 5.74) is -0.933. The normalized spacial score (nSPS) is 10.8. The van der Waals surface area contributed by atoms with Crippen molar-refractivity contribution in [3.8, 4) is 39.9 Å². The SMILES string of the molecule is COc1ccc(-c2c(O)c3c(O)cccc3oc2=O)c(OC)c1O. The molecule has 1 heterocycles. The molecule has 0 saturated heterocycles. The predicted molar refractivity (Wildman–Crippen MR) is 86.0 cm³/mol. The smallest absolute Gasteiger partial charge is 0.348 e. The molecule has 0 aliphatic rings. The van der Waals surface area contributed by atoms with Crippen molar-refractivity contribution in [1.82, 2.24) is 0 Å². The van der Waals surface area contributed by atoms with Gasteiger partial charge in [-0.1, -0.05) is 6.07 Å². The Morgan fingerprint density at radius 3 is 2.38 bits per heavy atom. The molecular weight excluding hydrogens is 316 g/mol. The minimum atomic E-state index is -0.839. The molecule has 3 aromatic rings. The maximum Gasteiger partial charge on any atom is 0.348 e. The van der Waals surface area contributed by atoms with Crippen LogP contribution in [0, 0.1) is 0 Å². The summed E-state index contributed by atoms with van der Waals surface area (Å²) in [6.45, 7) is 0. The summed E-state index contributed by atoms with van der Waals surface area (Å²) >= 11 is 0. The predicted octanol–water partition coefficient (Wildman–Crippen LogP) is 2.59. The molecular formula is C17H14O7. The Kier molecular flexibility index (Phi) is 3.69. The Morgan fingerprint density at radius 1 is 0.958 bits per heavy atom. The van der Waals surface area contributed by atoms with Gasteiger partial charge in [-0.05, 0) is 24.3 Å². The summed E-state index contributed by atoms with van der Waals surface area (Å²) in [7, 11) is 2.67. The third kappa shape index (κ3) is 2.18. The molecule has 0 amide bonds. The number of hydrogen-bond acceptors (Lipinski definition) is 7. The number of aromatic hydroxyl groups is 3. The molecule has 0 bridgehead atoms. The molecule has 0 unspecified atom stereocenters. The molecule has 0 spiro atoms. The van der Waals surface area contributed by atoms with Crippen molar-refractivity contribution in [2.75, 3.05) is 14.2 Å². The summed E-state index contributed by atoms with van der Waals surface area (Å²) < 4.78 is 15.3. The summed E-state index contributed by atoms with van der Waals surface area (Å²) in [4.78, 5) is 12.3. The van der Waals surface area contributed by atoms with Gasteiger partial charge >= 0.3 is 5.63 Å². The largest absolute Gasteiger partial charge is 0.507 e. The first-order valence-corrected chi connectivity index (χ1v) is 6.91. The Bertz CT molecular complexity index is 988. The highest BCUT2D eigenvalue weighted by atomic mass is 16.5. The minimum absolute atomic E-state index is 0.00976. The molecule has 0 saturated carbocycles. The summed E-state index contributed by atoms with van der Waals surface area (Å²) in [6, 6.07) is 7.15. The number of phenolic OH excluding ortho intramolecular Hbond substituents is 2. The van der Waals surface area contributed by atoms with Crippen molar-refractivity contribution in [1.29, 1.82) is 0 Å². The van der Waals surface area contributed by atoms with Crippen LogP contribution in [0.1, 0.15) is 0 Å². The lowest BCUT2D eigenvalue weighted by molar-refractivity contribution is 0.340. The summed E-state index contributed by atoms with van der Waals surface area (Å²) in [5, 5.41) is 30.6. The van der Waals surface area contributed by atoms with E-state index in [1.165, 1.54) is 44.6 Å². The average Bonchev–Trinajstić information content (AvgIpc) is 2.55. The van der Waals surface area contributed by atoms with Crippen LogP contribution in [0.15, 0.2) is 39.5 Å². The second-order valence-corrected chi connectivity index (χ2v) is 4.96. The maximum absolute atomic E-state index is 12.3. The fraction of sp³-hybridized carbons (Fsp3) is 0.118. The van der Waals surface area contributed by atoms with Gasteiger partial charge in [-0.15, -0.1) is 0 Å². The van der Waals surface area contributed by atoms with Gasteiger partial charge < -0.3 is 29.2 Å². The monoisotopic (exact) mass is 330 g/mol. The van der Waals surface area contributed by atoms with Crippen LogP contribution >= 0.6 is 0 Å². The first-order chi connectivity index (χ1) is 11.5. The van der Waals surface area contributed by atoms with Gasteiger partial charge in [-0.3, -0.25) is 0 Å². The second-order valence-electron chi connectivity index (χ2n) is 4.96. The van der Waals surface area contributed by atoms with Gasteiger partial charge in [-0.25, -0.2) is 4.79 Å². The molecule has 2 aromatic carbocycles. The molecule has 7 nitrogen and oxygen atoms in total. The second kappa shape index (κ2) is 5.69. The Hall–Kier alpha value is -3.35. The van der Waals surface area contributed by atoms with E-state index >= 15 is 0 Å². The fourth-order valence-electron chi connectivity index (χ4n) is 2.57. The molecule has 0 fully saturated rings. The summed E-state index contributed by atoms with van der Waals surface area (Å²) in [5.74, 6) is -0.961. The molecule has 0 radical (unpaired) electrons. The molecule has 24 heavy (non-hydrogen) atoms. The minimum Gasteiger partial charge on any atom is -0.507 e. The zero-order valence-corrected chi connectivity index (χ0v) is 12.9. The standard InChI is InChI=1S/C17H14O7/c1-22-11-7-6-8(16(23-2)14(11)19)12-15(20)13-9(18)4-3-5-10(13)24-17(12)21/h3-7,18-20H,1-2H3. The van der Waals surface area contributed by atoms with E-state index in [1.54, 1.807) is 0 Å². The van der Waals surface area contributed by atoms with Gasteiger partial charge in [0.15, 0.2) is 11.5 Å². The Balaban J connectivity index is 2.41. The average molecular weight is 330 g/mol. The zero-order valence-electron chi connectivity index (χ0n) is 12.9. The van der Waals surface area contributed by atoms with E-state index in [9.17, 15) is 20.1 Å². The highest BCUT2D eigenvalue weighted by molar-refractivity contribution is 5.95. The van der Waals surface area contributed by atoms with Crippen molar-refractivity contribution in [3.63, 3.8) is 0 Å². The van der Waals surface area contributed by atoms with E-state index in [2.05, 4.69) is 0 Å². The molecule has 3 rings (SSSR count). The molecule has 1 aromatic heterocycles. The first kappa shape index (κ1) is 15.5. The number of hydrogen-bond donors (Lipinski definition) is 3. The van der Waals surface area contributed by atoms with Gasteiger partial charge in [-0.2, -0.15) is 0 Å². The maximum atomic E-state index is 12.3. The third-order valence-corrected chi connectivity index (χ3v) is 3.67. The van der Waals surface area contributed by atoms with Crippen LogP contribution in [0.4, 0.5) is 0 Å². The summed E-state index contributed by atoms with van der Waals surface area (Å²) in [6.07, 6.45) is 0. The number of benzene rings is 2. The van der Waals surface area contributed by atoms with Crippen molar-refractivity contribution in [3.05, 3.63) is 40.8 Å². The van der Waals surface area contributed by atoms with E-state index in [1.807, 2.05) is 0 Å².